The topological polar surface area (TPSA) is 71.5 Å². The van der Waals surface area contributed by atoms with Crippen LogP contribution in [0.1, 0.15) is 13.8 Å². The summed E-state index contributed by atoms with van der Waals surface area (Å²) in [6.07, 6.45) is 1.62. The van der Waals surface area contributed by atoms with E-state index in [4.69, 9.17) is 0 Å². The van der Waals surface area contributed by atoms with Gasteiger partial charge in [0.05, 0.1) is 20.2 Å². The number of hydrogen-bond donors (Lipinski definition) is 1. The van der Waals surface area contributed by atoms with Crippen molar-refractivity contribution in [3.8, 4) is 0 Å². The molecule has 0 aliphatic heterocycles. The first-order chi connectivity index (χ1) is 8.52. The van der Waals surface area contributed by atoms with Gasteiger partial charge in [-0.1, -0.05) is 0 Å². The highest BCUT2D eigenvalue weighted by Gasteiger charge is 2.18. The van der Waals surface area contributed by atoms with Crippen LogP contribution >= 0.6 is 11.3 Å². The number of carbonyl (C=O) groups excluding carboxylic acids is 2. The molecule has 0 saturated carbocycles. The number of aromatic nitrogens is 1. The van der Waals surface area contributed by atoms with E-state index in [0.717, 1.165) is 0 Å². The number of nitrogens with zero attached hydrogens (tertiary/aromatic N) is 2. The van der Waals surface area contributed by atoms with Gasteiger partial charge in [0.1, 0.15) is 0 Å². The lowest BCUT2D eigenvalue weighted by Gasteiger charge is -2.24. The summed E-state index contributed by atoms with van der Waals surface area (Å²) < 4.78 is 4.60. The van der Waals surface area contributed by atoms with Crippen LogP contribution in [-0.2, 0) is 14.3 Å². The third kappa shape index (κ3) is 4.80. The Kier molecular flexibility index (Phi) is 5.73. The van der Waals surface area contributed by atoms with Crippen molar-refractivity contribution in [3.63, 3.8) is 0 Å². The van der Waals surface area contributed by atoms with E-state index in [1.54, 1.807) is 16.5 Å². The van der Waals surface area contributed by atoms with E-state index < -0.39 is 0 Å². The maximum Gasteiger partial charge on any atom is 0.319 e. The molecule has 1 heterocycles. The summed E-state index contributed by atoms with van der Waals surface area (Å²) in [5, 5.41) is 5.01. The SMILES string of the molecule is COC(=O)CN(CC(=O)Nc1nccs1)C(C)C. The van der Waals surface area contributed by atoms with Gasteiger partial charge in [0.25, 0.3) is 0 Å². The largest absolute Gasteiger partial charge is 0.468 e. The summed E-state index contributed by atoms with van der Waals surface area (Å²) in [5.41, 5.74) is 0. The van der Waals surface area contributed by atoms with Crippen molar-refractivity contribution in [2.24, 2.45) is 0 Å². The van der Waals surface area contributed by atoms with Crippen molar-refractivity contribution in [1.82, 2.24) is 9.88 Å². The summed E-state index contributed by atoms with van der Waals surface area (Å²) in [5.74, 6) is -0.548. The average Bonchev–Trinajstić information content (AvgIpc) is 2.80. The standard InChI is InChI=1S/C11H17N3O3S/c1-8(2)14(7-10(16)17-3)6-9(15)13-11-12-4-5-18-11/h4-5,8H,6-7H2,1-3H3,(H,12,13,15). The summed E-state index contributed by atoms with van der Waals surface area (Å²) in [6.45, 7) is 4.06. The van der Waals surface area contributed by atoms with Crippen molar-refractivity contribution >= 4 is 28.3 Å². The molecule has 0 fully saturated rings. The van der Waals surface area contributed by atoms with E-state index in [0.29, 0.717) is 5.13 Å². The van der Waals surface area contributed by atoms with E-state index in [-0.39, 0.29) is 31.0 Å². The Hall–Kier alpha value is -1.47. The molecule has 0 bridgehead atoms. The molecule has 0 spiro atoms. The molecule has 7 heteroatoms. The first-order valence-electron chi connectivity index (χ1n) is 5.53. The highest BCUT2D eigenvalue weighted by molar-refractivity contribution is 7.13. The van der Waals surface area contributed by atoms with Crippen LogP contribution < -0.4 is 5.32 Å². The predicted octanol–water partition coefficient (Wildman–Crippen LogP) is 0.965. The Morgan fingerprint density at radius 3 is 2.72 bits per heavy atom. The van der Waals surface area contributed by atoms with E-state index in [1.165, 1.54) is 18.4 Å². The molecule has 0 aromatic carbocycles. The number of amides is 1. The van der Waals surface area contributed by atoms with Crippen LogP contribution in [0.25, 0.3) is 0 Å². The predicted molar refractivity (Wildman–Crippen MR) is 69.5 cm³/mol. The fourth-order valence-electron chi connectivity index (χ4n) is 1.28. The fourth-order valence-corrected chi connectivity index (χ4v) is 1.82. The minimum atomic E-state index is -0.356. The summed E-state index contributed by atoms with van der Waals surface area (Å²) in [7, 11) is 1.33. The Morgan fingerprint density at radius 1 is 1.50 bits per heavy atom. The molecule has 1 rings (SSSR count). The number of rotatable bonds is 6. The van der Waals surface area contributed by atoms with Crippen molar-refractivity contribution in [2.75, 3.05) is 25.5 Å². The quantitative estimate of drug-likeness (QED) is 0.780. The van der Waals surface area contributed by atoms with E-state index in [2.05, 4.69) is 15.0 Å². The second-order valence-electron chi connectivity index (χ2n) is 3.96. The van der Waals surface area contributed by atoms with Crippen LogP contribution in [0.2, 0.25) is 0 Å². The number of thiazole rings is 1. The van der Waals surface area contributed by atoms with Crippen molar-refractivity contribution in [2.45, 2.75) is 19.9 Å². The molecule has 0 aliphatic carbocycles. The molecule has 1 N–H and O–H groups in total. The van der Waals surface area contributed by atoms with Crippen LogP contribution in [0, 0.1) is 0 Å². The van der Waals surface area contributed by atoms with Gasteiger partial charge in [0.2, 0.25) is 5.91 Å². The molecular formula is C11H17N3O3S. The molecule has 6 nitrogen and oxygen atoms in total. The Labute approximate surface area is 110 Å². The molecule has 0 unspecified atom stereocenters. The zero-order valence-corrected chi connectivity index (χ0v) is 11.5. The smallest absolute Gasteiger partial charge is 0.319 e. The molecular weight excluding hydrogens is 254 g/mol. The number of esters is 1. The molecule has 0 aliphatic rings. The molecule has 0 atom stereocenters. The second-order valence-corrected chi connectivity index (χ2v) is 4.85. The van der Waals surface area contributed by atoms with Gasteiger partial charge in [-0.15, -0.1) is 11.3 Å². The van der Waals surface area contributed by atoms with Gasteiger partial charge in [-0.2, -0.15) is 0 Å². The maximum absolute atomic E-state index is 11.8. The number of carbonyl (C=O) groups is 2. The van der Waals surface area contributed by atoms with Crippen LogP contribution in [0.15, 0.2) is 11.6 Å². The lowest BCUT2D eigenvalue weighted by Crippen LogP contribution is -2.41. The lowest BCUT2D eigenvalue weighted by molar-refractivity contribution is -0.142. The third-order valence-electron chi connectivity index (χ3n) is 2.32. The third-order valence-corrected chi connectivity index (χ3v) is 3.00. The van der Waals surface area contributed by atoms with Crippen LogP contribution in [0.5, 0.6) is 0 Å². The summed E-state index contributed by atoms with van der Waals surface area (Å²) in [4.78, 5) is 28.7. The Bertz CT molecular complexity index is 392. The summed E-state index contributed by atoms with van der Waals surface area (Å²) >= 11 is 1.35. The molecule has 0 radical (unpaired) electrons. The average molecular weight is 271 g/mol. The Morgan fingerprint density at radius 2 is 2.22 bits per heavy atom. The van der Waals surface area contributed by atoms with Crippen LogP contribution in [0.3, 0.4) is 0 Å². The number of ether oxygens (including phenoxy) is 1. The lowest BCUT2D eigenvalue weighted by atomic mass is 10.3. The zero-order valence-electron chi connectivity index (χ0n) is 10.7. The van der Waals surface area contributed by atoms with Crippen molar-refractivity contribution in [1.29, 1.82) is 0 Å². The van der Waals surface area contributed by atoms with Gasteiger partial charge >= 0.3 is 5.97 Å². The number of nitrogens with one attached hydrogen (secondary N) is 1. The number of anilines is 1. The van der Waals surface area contributed by atoms with Gasteiger partial charge in [0.15, 0.2) is 5.13 Å². The Balaban J connectivity index is 2.50. The first kappa shape index (κ1) is 14.6. The van der Waals surface area contributed by atoms with E-state index in [9.17, 15) is 9.59 Å². The van der Waals surface area contributed by atoms with E-state index >= 15 is 0 Å². The van der Waals surface area contributed by atoms with Crippen molar-refractivity contribution < 1.29 is 14.3 Å². The highest BCUT2D eigenvalue weighted by Crippen LogP contribution is 2.10. The first-order valence-corrected chi connectivity index (χ1v) is 6.41. The second kappa shape index (κ2) is 7.07. The van der Waals surface area contributed by atoms with Gasteiger partial charge < -0.3 is 10.1 Å². The monoisotopic (exact) mass is 271 g/mol. The van der Waals surface area contributed by atoms with Crippen molar-refractivity contribution in [3.05, 3.63) is 11.6 Å². The minimum absolute atomic E-state index is 0.0751. The maximum atomic E-state index is 11.8. The number of methoxy groups -OCH3 is 1. The van der Waals surface area contributed by atoms with Gasteiger partial charge in [-0.25, -0.2) is 4.98 Å². The minimum Gasteiger partial charge on any atom is -0.468 e. The molecule has 1 aromatic heterocycles. The van der Waals surface area contributed by atoms with Gasteiger partial charge in [0, 0.05) is 17.6 Å². The molecule has 0 saturated heterocycles. The van der Waals surface area contributed by atoms with Crippen LogP contribution in [0.4, 0.5) is 5.13 Å². The van der Waals surface area contributed by atoms with Gasteiger partial charge in [-0.3, -0.25) is 14.5 Å². The van der Waals surface area contributed by atoms with Gasteiger partial charge in [-0.05, 0) is 13.8 Å². The zero-order chi connectivity index (χ0) is 13.5. The highest BCUT2D eigenvalue weighted by atomic mass is 32.1. The molecule has 100 valence electrons. The van der Waals surface area contributed by atoms with E-state index in [1.807, 2.05) is 13.8 Å². The molecule has 18 heavy (non-hydrogen) atoms. The normalized spacial score (nSPS) is 10.7. The number of hydrogen-bond acceptors (Lipinski definition) is 6. The van der Waals surface area contributed by atoms with Crippen LogP contribution in [-0.4, -0.2) is 48.0 Å². The fraction of sp³-hybridized carbons (Fsp3) is 0.545. The summed E-state index contributed by atoms with van der Waals surface area (Å²) in [6, 6.07) is 0.0751. The molecule has 1 aromatic rings. The molecule has 1 amide bonds.